The minimum Gasteiger partial charge on any atom is -0.301 e. The van der Waals surface area contributed by atoms with Crippen LogP contribution in [-0.2, 0) is 6.54 Å². The standard InChI is InChI=1S/C18H27FN6/c1-4-23-9-11-24(12-10-23)17(14(2)3)18-20-21-22-25(18)13-15-5-7-16(19)8-6-15/h5-8,14,17H,4,9-13H2,1-3H3/t17-/m0/s1. The van der Waals surface area contributed by atoms with Gasteiger partial charge in [-0.25, -0.2) is 9.07 Å². The maximum atomic E-state index is 13.1. The van der Waals surface area contributed by atoms with Crippen molar-refractivity contribution in [2.75, 3.05) is 32.7 Å². The molecule has 1 aliphatic rings. The second kappa shape index (κ2) is 8.01. The van der Waals surface area contributed by atoms with Gasteiger partial charge in [0.1, 0.15) is 5.82 Å². The van der Waals surface area contributed by atoms with E-state index >= 15 is 0 Å². The van der Waals surface area contributed by atoms with E-state index in [4.69, 9.17) is 0 Å². The molecule has 0 amide bonds. The molecule has 6 nitrogen and oxygen atoms in total. The first-order valence-corrected chi connectivity index (χ1v) is 9.05. The molecule has 7 heteroatoms. The fourth-order valence-electron chi connectivity index (χ4n) is 3.54. The van der Waals surface area contributed by atoms with Crippen LogP contribution in [0.3, 0.4) is 0 Å². The van der Waals surface area contributed by atoms with Gasteiger partial charge in [-0.3, -0.25) is 4.90 Å². The van der Waals surface area contributed by atoms with Gasteiger partial charge in [0.05, 0.1) is 12.6 Å². The summed E-state index contributed by atoms with van der Waals surface area (Å²) < 4.78 is 15.0. The number of benzene rings is 1. The van der Waals surface area contributed by atoms with Gasteiger partial charge in [0, 0.05) is 26.2 Å². The van der Waals surface area contributed by atoms with Crippen molar-refractivity contribution >= 4 is 0 Å². The lowest BCUT2D eigenvalue weighted by atomic mass is 10.0. The molecular weight excluding hydrogens is 319 g/mol. The van der Waals surface area contributed by atoms with Crippen LogP contribution in [0.15, 0.2) is 24.3 Å². The molecule has 0 N–H and O–H groups in total. The normalized spacial score (nSPS) is 18.0. The molecule has 0 unspecified atom stereocenters. The minimum absolute atomic E-state index is 0.189. The van der Waals surface area contributed by atoms with Crippen LogP contribution in [0, 0.1) is 11.7 Å². The van der Waals surface area contributed by atoms with E-state index in [1.165, 1.54) is 12.1 Å². The zero-order chi connectivity index (χ0) is 17.8. The Kier molecular flexibility index (Phi) is 5.75. The number of halogens is 1. The van der Waals surface area contributed by atoms with Crippen LogP contribution in [0.25, 0.3) is 0 Å². The summed E-state index contributed by atoms with van der Waals surface area (Å²) in [7, 11) is 0. The maximum Gasteiger partial charge on any atom is 0.169 e. The van der Waals surface area contributed by atoms with Gasteiger partial charge in [0.25, 0.3) is 0 Å². The largest absolute Gasteiger partial charge is 0.301 e. The third kappa shape index (κ3) is 4.22. The Balaban J connectivity index is 1.78. The van der Waals surface area contributed by atoms with Crippen molar-refractivity contribution < 1.29 is 4.39 Å². The monoisotopic (exact) mass is 346 g/mol. The molecular formula is C18H27FN6. The third-order valence-corrected chi connectivity index (χ3v) is 4.95. The molecule has 1 atom stereocenters. The number of hydrogen-bond donors (Lipinski definition) is 0. The summed E-state index contributed by atoms with van der Waals surface area (Å²) in [6.07, 6.45) is 0. The van der Waals surface area contributed by atoms with Gasteiger partial charge in [-0.2, -0.15) is 0 Å². The maximum absolute atomic E-state index is 13.1. The van der Waals surface area contributed by atoms with Gasteiger partial charge in [0.2, 0.25) is 0 Å². The van der Waals surface area contributed by atoms with E-state index in [9.17, 15) is 4.39 Å². The third-order valence-electron chi connectivity index (χ3n) is 4.95. The highest BCUT2D eigenvalue weighted by molar-refractivity contribution is 5.16. The Morgan fingerprint density at radius 2 is 1.76 bits per heavy atom. The molecule has 0 bridgehead atoms. The second-order valence-corrected chi connectivity index (χ2v) is 6.98. The van der Waals surface area contributed by atoms with Crippen molar-refractivity contribution in [1.29, 1.82) is 0 Å². The lowest BCUT2D eigenvalue weighted by Crippen LogP contribution is -2.48. The predicted molar refractivity (Wildman–Crippen MR) is 94.6 cm³/mol. The Hall–Kier alpha value is -1.86. The lowest BCUT2D eigenvalue weighted by Gasteiger charge is -2.39. The van der Waals surface area contributed by atoms with Crippen LogP contribution in [0.1, 0.15) is 38.2 Å². The molecule has 136 valence electrons. The fourth-order valence-corrected chi connectivity index (χ4v) is 3.54. The number of piperazine rings is 1. The molecule has 25 heavy (non-hydrogen) atoms. The molecule has 0 aliphatic carbocycles. The van der Waals surface area contributed by atoms with Gasteiger partial charge in [0.15, 0.2) is 5.82 Å². The van der Waals surface area contributed by atoms with Gasteiger partial charge >= 0.3 is 0 Å². The summed E-state index contributed by atoms with van der Waals surface area (Å²) in [4.78, 5) is 4.96. The average molecular weight is 346 g/mol. The van der Waals surface area contributed by atoms with Crippen LogP contribution >= 0.6 is 0 Å². The molecule has 1 aromatic heterocycles. The minimum atomic E-state index is -0.227. The zero-order valence-corrected chi connectivity index (χ0v) is 15.3. The molecule has 1 saturated heterocycles. The van der Waals surface area contributed by atoms with Gasteiger partial charge in [-0.05, 0) is 40.6 Å². The Bertz CT molecular complexity index is 660. The van der Waals surface area contributed by atoms with Crippen LogP contribution in [-0.4, -0.2) is 62.7 Å². The average Bonchev–Trinajstić information content (AvgIpc) is 3.05. The number of tetrazole rings is 1. The molecule has 1 aromatic carbocycles. The molecule has 0 spiro atoms. The summed E-state index contributed by atoms with van der Waals surface area (Å²) in [5.41, 5.74) is 0.994. The number of rotatable bonds is 6. The number of aromatic nitrogens is 4. The van der Waals surface area contributed by atoms with Gasteiger partial charge in [-0.15, -0.1) is 5.10 Å². The first kappa shape index (κ1) is 17.9. The molecule has 0 saturated carbocycles. The lowest BCUT2D eigenvalue weighted by molar-refractivity contribution is 0.0722. The highest BCUT2D eigenvalue weighted by Crippen LogP contribution is 2.28. The zero-order valence-electron chi connectivity index (χ0n) is 15.3. The van der Waals surface area contributed by atoms with Crippen LogP contribution in [0.4, 0.5) is 4.39 Å². The first-order valence-electron chi connectivity index (χ1n) is 9.05. The summed E-state index contributed by atoms with van der Waals surface area (Å²) >= 11 is 0. The van der Waals surface area contributed by atoms with Gasteiger partial charge in [-0.1, -0.05) is 32.9 Å². The molecule has 2 aromatic rings. The van der Waals surface area contributed by atoms with Gasteiger partial charge < -0.3 is 4.90 Å². The van der Waals surface area contributed by atoms with E-state index in [0.717, 1.165) is 44.1 Å². The topological polar surface area (TPSA) is 50.1 Å². The highest BCUT2D eigenvalue weighted by Gasteiger charge is 2.31. The highest BCUT2D eigenvalue weighted by atomic mass is 19.1. The molecule has 3 rings (SSSR count). The summed E-state index contributed by atoms with van der Waals surface area (Å²) in [5.74, 6) is 1.07. The fraction of sp³-hybridized carbons (Fsp3) is 0.611. The van der Waals surface area contributed by atoms with Crippen molar-refractivity contribution in [3.05, 3.63) is 41.5 Å². The summed E-state index contributed by atoms with van der Waals surface area (Å²) in [6, 6.07) is 6.71. The van der Waals surface area contributed by atoms with Crippen molar-refractivity contribution in [2.24, 2.45) is 5.92 Å². The molecule has 1 aliphatic heterocycles. The quantitative estimate of drug-likeness (QED) is 0.802. The van der Waals surface area contributed by atoms with Crippen LogP contribution in [0.5, 0.6) is 0 Å². The molecule has 1 fully saturated rings. The number of hydrogen-bond acceptors (Lipinski definition) is 5. The SMILES string of the molecule is CCN1CCN([C@H](c2nnnn2Cc2ccc(F)cc2)C(C)C)CC1. The smallest absolute Gasteiger partial charge is 0.169 e. The van der Waals surface area contributed by atoms with Crippen molar-refractivity contribution in [3.8, 4) is 0 Å². The molecule has 0 radical (unpaired) electrons. The van der Waals surface area contributed by atoms with Crippen molar-refractivity contribution in [1.82, 2.24) is 30.0 Å². The number of nitrogens with zero attached hydrogens (tertiary/aromatic N) is 6. The first-order chi connectivity index (χ1) is 12.1. The predicted octanol–water partition coefficient (Wildman–Crippen LogP) is 2.20. The second-order valence-electron chi connectivity index (χ2n) is 6.98. The Morgan fingerprint density at radius 1 is 1.08 bits per heavy atom. The molecule has 2 heterocycles. The van der Waals surface area contributed by atoms with E-state index in [1.54, 1.807) is 12.1 Å². The summed E-state index contributed by atoms with van der Waals surface area (Å²) in [5, 5.41) is 12.4. The van der Waals surface area contributed by atoms with E-state index < -0.39 is 0 Å². The Morgan fingerprint density at radius 3 is 2.36 bits per heavy atom. The van der Waals surface area contributed by atoms with E-state index in [-0.39, 0.29) is 11.9 Å². The number of likely N-dealkylation sites (N-methyl/N-ethyl adjacent to an activating group) is 1. The van der Waals surface area contributed by atoms with Crippen LogP contribution < -0.4 is 0 Å². The summed E-state index contributed by atoms with van der Waals surface area (Å²) in [6.45, 7) is 12.5. The van der Waals surface area contributed by atoms with E-state index in [2.05, 4.69) is 46.1 Å². The van der Waals surface area contributed by atoms with E-state index in [1.807, 2.05) is 4.68 Å². The van der Waals surface area contributed by atoms with E-state index in [0.29, 0.717) is 12.5 Å². The van der Waals surface area contributed by atoms with Crippen LogP contribution in [0.2, 0.25) is 0 Å². The van der Waals surface area contributed by atoms with Crippen molar-refractivity contribution in [3.63, 3.8) is 0 Å². The Labute approximate surface area is 148 Å². The van der Waals surface area contributed by atoms with Crippen molar-refractivity contribution in [2.45, 2.75) is 33.4 Å².